The van der Waals surface area contributed by atoms with Crippen molar-refractivity contribution in [3.8, 4) is 11.1 Å². The zero-order chi connectivity index (χ0) is 12.5. The highest BCUT2D eigenvalue weighted by molar-refractivity contribution is 5.72. The monoisotopic (exact) mass is 241 g/mol. The maximum absolute atomic E-state index is 4.57. The lowest BCUT2D eigenvalue weighted by Crippen LogP contribution is -1.92. The van der Waals surface area contributed by atoms with Gasteiger partial charge in [-0.1, -0.05) is 25.5 Å². The first-order valence-electron chi connectivity index (χ1n) is 6.67. The molecule has 0 aliphatic carbocycles. The first-order valence-corrected chi connectivity index (χ1v) is 6.67. The second-order valence-corrected chi connectivity index (χ2v) is 4.96. The second kappa shape index (κ2) is 4.48. The lowest BCUT2D eigenvalue weighted by atomic mass is 10.0. The largest absolute Gasteiger partial charge is 0.384 e. The van der Waals surface area contributed by atoms with Gasteiger partial charge in [0.15, 0.2) is 0 Å². The van der Waals surface area contributed by atoms with Crippen molar-refractivity contribution >= 4 is 5.69 Å². The SMILES string of the molecule is CCCc1nn(C)cc1-c1ccc2c(c1)NCC2. The molecule has 1 aliphatic rings. The van der Waals surface area contributed by atoms with Crippen LogP contribution in [0.15, 0.2) is 24.4 Å². The molecule has 0 radical (unpaired) electrons. The van der Waals surface area contributed by atoms with E-state index in [2.05, 4.69) is 41.7 Å². The molecule has 1 aromatic heterocycles. The van der Waals surface area contributed by atoms with E-state index >= 15 is 0 Å². The summed E-state index contributed by atoms with van der Waals surface area (Å²) in [6.07, 6.45) is 5.44. The predicted octanol–water partition coefficient (Wildman–Crippen LogP) is 3.01. The highest BCUT2D eigenvalue weighted by Crippen LogP contribution is 2.30. The third-order valence-corrected chi connectivity index (χ3v) is 3.52. The van der Waals surface area contributed by atoms with Crippen LogP contribution in [0.1, 0.15) is 24.6 Å². The van der Waals surface area contributed by atoms with Crippen LogP contribution in [0.5, 0.6) is 0 Å². The standard InChI is InChI=1S/C15H19N3/c1-3-4-14-13(10-18(2)17-14)12-6-5-11-7-8-16-15(11)9-12/h5-6,9-10,16H,3-4,7-8H2,1-2H3. The lowest BCUT2D eigenvalue weighted by molar-refractivity contribution is 0.733. The summed E-state index contributed by atoms with van der Waals surface area (Å²) in [5.74, 6) is 0. The van der Waals surface area contributed by atoms with E-state index in [4.69, 9.17) is 0 Å². The van der Waals surface area contributed by atoms with Gasteiger partial charge in [0.2, 0.25) is 0 Å². The first kappa shape index (κ1) is 11.3. The average Bonchev–Trinajstić information content (AvgIpc) is 2.95. The summed E-state index contributed by atoms with van der Waals surface area (Å²) in [7, 11) is 1.99. The molecule has 0 atom stereocenters. The molecule has 2 aromatic rings. The van der Waals surface area contributed by atoms with Crippen LogP contribution in [-0.2, 0) is 19.9 Å². The second-order valence-electron chi connectivity index (χ2n) is 4.96. The van der Waals surface area contributed by atoms with Crippen molar-refractivity contribution < 1.29 is 0 Å². The molecule has 0 spiro atoms. The van der Waals surface area contributed by atoms with Crippen molar-refractivity contribution in [3.63, 3.8) is 0 Å². The Morgan fingerprint density at radius 3 is 3.11 bits per heavy atom. The summed E-state index contributed by atoms with van der Waals surface area (Å²) in [6.45, 7) is 3.26. The Hall–Kier alpha value is -1.77. The van der Waals surface area contributed by atoms with Crippen molar-refractivity contribution in [1.82, 2.24) is 9.78 Å². The van der Waals surface area contributed by atoms with Crippen LogP contribution in [0.2, 0.25) is 0 Å². The average molecular weight is 241 g/mol. The zero-order valence-electron chi connectivity index (χ0n) is 11.0. The van der Waals surface area contributed by atoms with Crippen molar-refractivity contribution in [2.24, 2.45) is 7.05 Å². The Bertz CT molecular complexity index is 569. The van der Waals surface area contributed by atoms with Crippen LogP contribution in [0.4, 0.5) is 5.69 Å². The molecule has 1 N–H and O–H groups in total. The molecule has 1 aromatic carbocycles. The van der Waals surface area contributed by atoms with E-state index in [1.165, 1.54) is 28.1 Å². The van der Waals surface area contributed by atoms with E-state index in [1.807, 2.05) is 11.7 Å². The number of nitrogens with zero attached hydrogens (tertiary/aromatic N) is 2. The van der Waals surface area contributed by atoms with Crippen molar-refractivity contribution in [2.45, 2.75) is 26.2 Å². The molecule has 3 heteroatoms. The number of rotatable bonds is 3. The fourth-order valence-electron chi connectivity index (χ4n) is 2.66. The lowest BCUT2D eigenvalue weighted by Gasteiger charge is -2.05. The van der Waals surface area contributed by atoms with Gasteiger partial charge in [0.05, 0.1) is 5.69 Å². The summed E-state index contributed by atoms with van der Waals surface area (Å²) in [4.78, 5) is 0. The van der Waals surface area contributed by atoms with Crippen molar-refractivity contribution in [1.29, 1.82) is 0 Å². The predicted molar refractivity (Wildman–Crippen MR) is 74.8 cm³/mol. The van der Waals surface area contributed by atoms with Gasteiger partial charge in [-0.3, -0.25) is 4.68 Å². The quantitative estimate of drug-likeness (QED) is 0.895. The summed E-state index contributed by atoms with van der Waals surface area (Å²) < 4.78 is 1.92. The minimum Gasteiger partial charge on any atom is -0.384 e. The number of anilines is 1. The Balaban J connectivity index is 2.03. The van der Waals surface area contributed by atoms with E-state index in [0.717, 1.165) is 25.8 Å². The molecule has 0 bridgehead atoms. The minimum atomic E-state index is 1.04. The molecular formula is C15H19N3. The summed E-state index contributed by atoms with van der Waals surface area (Å²) in [5.41, 5.74) is 6.48. The number of aryl methyl sites for hydroxylation is 2. The molecule has 3 nitrogen and oxygen atoms in total. The third kappa shape index (κ3) is 1.90. The van der Waals surface area contributed by atoms with Gasteiger partial charge in [0.25, 0.3) is 0 Å². The van der Waals surface area contributed by atoms with E-state index in [-0.39, 0.29) is 0 Å². The molecule has 18 heavy (non-hydrogen) atoms. The third-order valence-electron chi connectivity index (χ3n) is 3.52. The minimum absolute atomic E-state index is 1.04. The molecule has 0 unspecified atom stereocenters. The molecule has 1 aliphatic heterocycles. The van der Waals surface area contributed by atoms with Gasteiger partial charge < -0.3 is 5.32 Å². The van der Waals surface area contributed by atoms with Crippen LogP contribution in [0, 0.1) is 0 Å². The molecule has 3 rings (SSSR count). The summed E-state index contributed by atoms with van der Waals surface area (Å²) in [6, 6.07) is 6.73. The topological polar surface area (TPSA) is 29.9 Å². The van der Waals surface area contributed by atoms with Gasteiger partial charge in [-0.2, -0.15) is 5.10 Å². The van der Waals surface area contributed by atoms with E-state index in [1.54, 1.807) is 0 Å². The van der Waals surface area contributed by atoms with Gasteiger partial charge >= 0.3 is 0 Å². The number of aromatic nitrogens is 2. The highest BCUT2D eigenvalue weighted by Gasteiger charge is 2.14. The van der Waals surface area contributed by atoms with Crippen LogP contribution < -0.4 is 5.32 Å². The van der Waals surface area contributed by atoms with Crippen LogP contribution in [0.3, 0.4) is 0 Å². The van der Waals surface area contributed by atoms with Crippen molar-refractivity contribution in [3.05, 3.63) is 35.7 Å². The highest BCUT2D eigenvalue weighted by atomic mass is 15.2. The van der Waals surface area contributed by atoms with Crippen molar-refractivity contribution in [2.75, 3.05) is 11.9 Å². The smallest absolute Gasteiger partial charge is 0.0702 e. The van der Waals surface area contributed by atoms with E-state index in [9.17, 15) is 0 Å². The Kier molecular flexibility index (Phi) is 2.82. The molecule has 2 heterocycles. The summed E-state index contributed by atoms with van der Waals surface area (Å²) >= 11 is 0. The van der Waals surface area contributed by atoms with E-state index < -0.39 is 0 Å². The fraction of sp³-hybridized carbons (Fsp3) is 0.400. The van der Waals surface area contributed by atoms with Gasteiger partial charge in [-0.15, -0.1) is 0 Å². The molecule has 0 amide bonds. The maximum Gasteiger partial charge on any atom is 0.0702 e. The normalized spacial score (nSPS) is 13.4. The molecule has 94 valence electrons. The van der Waals surface area contributed by atoms with Gasteiger partial charge in [-0.05, 0) is 30.0 Å². The number of hydrogen-bond donors (Lipinski definition) is 1. The number of nitrogens with one attached hydrogen (secondary N) is 1. The number of fused-ring (bicyclic) bond motifs is 1. The summed E-state index contributed by atoms with van der Waals surface area (Å²) in [5, 5.41) is 8.01. The zero-order valence-corrected chi connectivity index (χ0v) is 11.0. The number of hydrogen-bond acceptors (Lipinski definition) is 2. The molecular weight excluding hydrogens is 222 g/mol. The number of benzene rings is 1. The Labute approximate surface area is 108 Å². The Morgan fingerprint density at radius 1 is 1.39 bits per heavy atom. The van der Waals surface area contributed by atoms with E-state index in [0.29, 0.717) is 0 Å². The molecule has 0 saturated heterocycles. The maximum atomic E-state index is 4.57. The molecule has 0 fully saturated rings. The molecule has 0 saturated carbocycles. The first-order chi connectivity index (χ1) is 8.78. The van der Waals surface area contributed by atoms with Crippen LogP contribution in [0.25, 0.3) is 11.1 Å². The van der Waals surface area contributed by atoms with Crippen LogP contribution in [-0.4, -0.2) is 16.3 Å². The fourth-order valence-corrected chi connectivity index (χ4v) is 2.66. The van der Waals surface area contributed by atoms with Gasteiger partial charge in [-0.25, -0.2) is 0 Å². The Morgan fingerprint density at radius 2 is 2.28 bits per heavy atom. The van der Waals surface area contributed by atoms with Crippen LogP contribution >= 0.6 is 0 Å². The van der Waals surface area contributed by atoms with Gasteiger partial charge in [0.1, 0.15) is 0 Å². The van der Waals surface area contributed by atoms with Gasteiger partial charge in [0, 0.05) is 31.0 Å².